The van der Waals surface area contributed by atoms with Gasteiger partial charge >= 0.3 is 0 Å². The van der Waals surface area contributed by atoms with Crippen LogP contribution in [-0.2, 0) is 10.0 Å². The third-order valence-electron chi connectivity index (χ3n) is 2.39. The zero-order chi connectivity index (χ0) is 14.8. The Morgan fingerprint density at radius 2 is 2.05 bits per heavy atom. The van der Waals surface area contributed by atoms with E-state index in [4.69, 9.17) is 16.3 Å². The number of ether oxygens (including phenoxy) is 1. The van der Waals surface area contributed by atoms with E-state index in [1.165, 1.54) is 37.4 Å². The maximum atomic E-state index is 12.9. The van der Waals surface area contributed by atoms with E-state index in [0.717, 1.165) is 6.07 Å². The normalized spacial score (nSPS) is 11.2. The number of anilines is 1. The molecule has 8 heteroatoms. The number of benzene rings is 1. The highest BCUT2D eigenvalue weighted by Gasteiger charge is 2.17. The minimum atomic E-state index is -3.90. The van der Waals surface area contributed by atoms with Crippen LogP contribution in [-0.4, -0.2) is 20.5 Å². The van der Waals surface area contributed by atoms with E-state index < -0.39 is 16.0 Å². The lowest BCUT2D eigenvalue weighted by Crippen LogP contribution is -2.14. The van der Waals surface area contributed by atoms with Gasteiger partial charge in [0.25, 0.3) is 10.0 Å². The van der Waals surface area contributed by atoms with Gasteiger partial charge in [-0.2, -0.15) is 4.39 Å². The highest BCUT2D eigenvalue weighted by molar-refractivity contribution is 7.92. The third kappa shape index (κ3) is 3.17. The number of hydrogen-bond donors (Lipinski definition) is 1. The van der Waals surface area contributed by atoms with Crippen molar-refractivity contribution in [3.8, 4) is 5.75 Å². The van der Waals surface area contributed by atoms with Gasteiger partial charge in [-0.05, 0) is 30.3 Å². The van der Waals surface area contributed by atoms with Crippen LogP contribution in [0.5, 0.6) is 5.75 Å². The molecule has 0 saturated carbocycles. The van der Waals surface area contributed by atoms with Crippen LogP contribution in [0.1, 0.15) is 0 Å². The van der Waals surface area contributed by atoms with Gasteiger partial charge in [-0.15, -0.1) is 0 Å². The van der Waals surface area contributed by atoms with Gasteiger partial charge in [-0.3, -0.25) is 4.72 Å². The number of nitrogens with zero attached hydrogens (tertiary/aromatic N) is 1. The monoisotopic (exact) mass is 316 g/mol. The molecule has 0 aliphatic heterocycles. The molecular weight excluding hydrogens is 307 g/mol. The quantitative estimate of drug-likeness (QED) is 0.881. The van der Waals surface area contributed by atoms with Crippen molar-refractivity contribution in [2.24, 2.45) is 0 Å². The van der Waals surface area contributed by atoms with Crippen molar-refractivity contribution >= 4 is 27.4 Å². The van der Waals surface area contributed by atoms with E-state index in [0.29, 0.717) is 5.75 Å². The third-order valence-corrected chi connectivity index (χ3v) is 4.04. The molecule has 1 aromatic heterocycles. The van der Waals surface area contributed by atoms with Crippen LogP contribution >= 0.6 is 11.6 Å². The summed E-state index contributed by atoms with van der Waals surface area (Å²) in [6.45, 7) is 0. The molecule has 0 amide bonds. The lowest BCUT2D eigenvalue weighted by atomic mass is 10.3. The van der Waals surface area contributed by atoms with Crippen LogP contribution in [0.3, 0.4) is 0 Å². The molecule has 2 aromatic rings. The number of aromatic nitrogens is 1. The largest absolute Gasteiger partial charge is 0.495 e. The number of nitrogens with one attached hydrogen (secondary N) is 1. The smallest absolute Gasteiger partial charge is 0.263 e. The van der Waals surface area contributed by atoms with E-state index in [1.807, 2.05) is 0 Å². The Labute approximate surface area is 120 Å². The van der Waals surface area contributed by atoms with E-state index >= 15 is 0 Å². The second-order valence-corrected chi connectivity index (χ2v) is 5.84. The molecular formula is C12H10ClFN2O3S. The SMILES string of the molecule is COc1ccc(S(=O)(=O)Nc2cccc(F)n2)cc1Cl. The Bertz CT molecular complexity index is 737. The fourth-order valence-electron chi connectivity index (χ4n) is 1.48. The summed E-state index contributed by atoms with van der Waals surface area (Å²) in [6.07, 6.45) is 0. The molecule has 1 heterocycles. The van der Waals surface area contributed by atoms with Crippen LogP contribution in [0.4, 0.5) is 10.2 Å². The molecule has 0 spiro atoms. The van der Waals surface area contributed by atoms with Crippen LogP contribution in [0, 0.1) is 5.95 Å². The van der Waals surface area contributed by atoms with Gasteiger partial charge < -0.3 is 4.74 Å². The number of methoxy groups -OCH3 is 1. The Morgan fingerprint density at radius 3 is 2.65 bits per heavy atom. The number of hydrogen-bond acceptors (Lipinski definition) is 4. The number of rotatable bonds is 4. The maximum Gasteiger partial charge on any atom is 0.263 e. The molecule has 0 atom stereocenters. The molecule has 20 heavy (non-hydrogen) atoms. The lowest BCUT2D eigenvalue weighted by molar-refractivity contribution is 0.414. The van der Waals surface area contributed by atoms with Gasteiger partial charge in [0, 0.05) is 0 Å². The standard InChI is InChI=1S/C12H10ClFN2O3S/c1-19-10-6-5-8(7-9(10)13)20(17,18)16-12-4-2-3-11(14)15-12/h2-7H,1H3,(H,15,16). The van der Waals surface area contributed by atoms with Crippen molar-refractivity contribution in [2.45, 2.75) is 4.90 Å². The Kier molecular flexibility index (Phi) is 4.10. The van der Waals surface area contributed by atoms with E-state index in [2.05, 4.69) is 9.71 Å². The predicted octanol–water partition coefficient (Wildman–Crippen LogP) is 2.68. The summed E-state index contributed by atoms with van der Waals surface area (Å²) < 4.78 is 44.2. The molecule has 1 N–H and O–H groups in total. The molecule has 0 aliphatic rings. The summed E-state index contributed by atoms with van der Waals surface area (Å²) in [5.74, 6) is -0.538. The lowest BCUT2D eigenvalue weighted by Gasteiger charge is -2.09. The molecule has 0 saturated heterocycles. The molecule has 0 unspecified atom stereocenters. The first-order valence-corrected chi connectivity index (χ1v) is 7.27. The predicted molar refractivity (Wildman–Crippen MR) is 73.0 cm³/mol. The molecule has 0 fully saturated rings. The van der Waals surface area contributed by atoms with Gasteiger partial charge in [0.05, 0.1) is 17.0 Å². The molecule has 106 valence electrons. The average Bonchev–Trinajstić information content (AvgIpc) is 2.38. The van der Waals surface area contributed by atoms with Gasteiger partial charge in [-0.25, -0.2) is 13.4 Å². The molecule has 0 aliphatic carbocycles. The summed E-state index contributed by atoms with van der Waals surface area (Å²) in [5.41, 5.74) is 0. The molecule has 2 rings (SSSR count). The average molecular weight is 317 g/mol. The Morgan fingerprint density at radius 1 is 1.30 bits per heavy atom. The maximum absolute atomic E-state index is 12.9. The van der Waals surface area contributed by atoms with Crippen LogP contribution in [0.15, 0.2) is 41.3 Å². The topological polar surface area (TPSA) is 68.3 Å². The van der Waals surface area contributed by atoms with Crippen molar-refractivity contribution in [2.75, 3.05) is 11.8 Å². The summed E-state index contributed by atoms with van der Waals surface area (Å²) >= 11 is 5.87. The van der Waals surface area contributed by atoms with Crippen molar-refractivity contribution in [3.05, 3.63) is 47.4 Å². The zero-order valence-electron chi connectivity index (χ0n) is 10.3. The minimum absolute atomic E-state index is 0.0747. The van der Waals surface area contributed by atoms with Crippen LogP contribution in [0.25, 0.3) is 0 Å². The summed E-state index contributed by atoms with van der Waals surface area (Å²) in [5, 5.41) is 0.155. The Hall–Kier alpha value is -1.86. The second-order valence-electron chi connectivity index (χ2n) is 3.75. The van der Waals surface area contributed by atoms with Crippen molar-refractivity contribution in [1.82, 2.24) is 4.98 Å². The first-order chi connectivity index (χ1) is 9.42. The highest BCUT2D eigenvalue weighted by Crippen LogP contribution is 2.27. The first-order valence-electron chi connectivity index (χ1n) is 5.41. The molecule has 5 nitrogen and oxygen atoms in total. The van der Waals surface area contributed by atoms with Gasteiger partial charge in [0.1, 0.15) is 11.6 Å². The summed E-state index contributed by atoms with van der Waals surface area (Å²) in [6, 6.07) is 7.79. The number of halogens is 2. The Balaban J connectivity index is 2.33. The number of sulfonamides is 1. The summed E-state index contributed by atoms with van der Waals surface area (Å²) in [7, 11) is -2.48. The number of pyridine rings is 1. The van der Waals surface area contributed by atoms with Gasteiger partial charge in [0.2, 0.25) is 5.95 Å². The van der Waals surface area contributed by atoms with Crippen molar-refractivity contribution in [3.63, 3.8) is 0 Å². The molecule has 1 aromatic carbocycles. The van der Waals surface area contributed by atoms with E-state index in [-0.39, 0.29) is 15.7 Å². The van der Waals surface area contributed by atoms with Crippen LogP contribution in [0.2, 0.25) is 5.02 Å². The van der Waals surface area contributed by atoms with E-state index in [9.17, 15) is 12.8 Å². The van der Waals surface area contributed by atoms with Crippen LogP contribution < -0.4 is 9.46 Å². The molecule has 0 radical (unpaired) electrons. The fourth-order valence-corrected chi connectivity index (χ4v) is 2.83. The zero-order valence-corrected chi connectivity index (χ0v) is 11.9. The second kappa shape index (κ2) is 5.64. The van der Waals surface area contributed by atoms with Gasteiger partial charge in [0.15, 0.2) is 0 Å². The molecule has 0 bridgehead atoms. The summed E-state index contributed by atoms with van der Waals surface area (Å²) in [4.78, 5) is 3.35. The van der Waals surface area contributed by atoms with Gasteiger partial charge in [-0.1, -0.05) is 17.7 Å². The minimum Gasteiger partial charge on any atom is -0.495 e. The first kappa shape index (κ1) is 14.5. The van der Waals surface area contributed by atoms with E-state index in [1.54, 1.807) is 0 Å². The highest BCUT2D eigenvalue weighted by atomic mass is 35.5. The fraction of sp³-hybridized carbons (Fsp3) is 0.0833. The van der Waals surface area contributed by atoms with Crippen molar-refractivity contribution < 1.29 is 17.5 Å². The van der Waals surface area contributed by atoms with Crippen molar-refractivity contribution in [1.29, 1.82) is 0 Å².